The number of carbonyl (C=O) groups excluding carboxylic acids is 1. The summed E-state index contributed by atoms with van der Waals surface area (Å²) in [4.78, 5) is 10.4. The van der Waals surface area contributed by atoms with Gasteiger partial charge in [-0.2, -0.15) is 12.6 Å². The first-order valence-corrected chi connectivity index (χ1v) is 3.08. The Kier molecular flexibility index (Phi) is 3.84. The Labute approximate surface area is 59.1 Å². The third-order valence-corrected chi connectivity index (χ3v) is 1.68. The Morgan fingerprint density at radius 1 is 1.78 bits per heavy atom. The predicted molar refractivity (Wildman–Crippen MR) is 36.5 cm³/mol. The molecule has 54 valence electrons. The minimum atomic E-state index is -1.04. The van der Waals surface area contributed by atoms with E-state index in [0.717, 1.165) is 0 Å². The first kappa shape index (κ1) is 8.94. The molecule has 9 heavy (non-hydrogen) atoms. The van der Waals surface area contributed by atoms with Crippen molar-refractivity contribution in [1.29, 1.82) is 0 Å². The Morgan fingerprint density at radius 3 is 2.33 bits per heavy atom. The van der Waals surface area contributed by atoms with E-state index in [1.807, 2.05) is 0 Å². The SMILES string of the molecule is CC(=O)C(S)C(O)CO. The van der Waals surface area contributed by atoms with Gasteiger partial charge in [0, 0.05) is 0 Å². The van der Waals surface area contributed by atoms with Gasteiger partial charge in [-0.1, -0.05) is 0 Å². The highest BCUT2D eigenvalue weighted by Crippen LogP contribution is 2.01. The van der Waals surface area contributed by atoms with E-state index in [1.165, 1.54) is 6.92 Å². The molecule has 0 bridgehead atoms. The predicted octanol–water partition coefficient (Wildman–Crippen LogP) is -0.773. The minimum Gasteiger partial charge on any atom is -0.394 e. The maximum atomic E-state index is 10.4. The van der Waals surface area contributed by atoms with Crippen LogP contribution in [0.5, 0.6) is 0 Å². The van der Waals surface area contributed by atoms with Gasteiger partial charge in [0.1, 0.15) is 5.78 Å². The number of hydrogen-bond acceptors (Lipinski definition) is 4. The molecule has 0 aromatic heterocycles. The molecule has 0 spiro atoms. The minimum absolute atomic E-state index is 0.236. The molecule has 0 saturated carbocycles. The summed E-state index contributed by atoms with van der Waals surface area (Å²) >= 11 is 3.74. The summed E-state index contributed by atoms with van der Waals surface area (Å²) in [6, 6.07) is 0. The molecule has 2 N–H and O–H groups in total. The second-order valence-corrected chi connectivity index (χ2v) is 2.36. The molecule has 3 nitrogen and oxygen atoms in total. The zero-order valence-electron chi connectivity index (χ0n) is 5.11. The zero-order valence-corrected chi connectivity index (χ0v) is 6.01. The van der Waals surface area contributed by atoms with Crippen LogP contribution in [0.4, 0.5) is 0 Å². The number of aliphatic hydroxyl groups excluding tert-OH is 2. The average Bonchev–Trinajstić information content (AvgIpc) is 1.84. The molecular weight excluding hydrogens is 140 g/mol. The molecule has 0 aromatic rings. The van der Waals surface area contributed by atoms with Gasteiger partial charge in [-0.3, -0.25) is 4.79 Å². The van der Waals surface area contributed by atoms with Crippen LogP contribution in [0.1, 0.15) is 6.92 Å². The van der Waals surface area contributed by atoms with Crippen LogP contribution in [0.15, 0.2) is 0 Å². The fourth-order valence-electron chi connectivity index (χ4n) is 0.371. The average molecular weight is 150 g/mol. The largest absolute Gasteiger partial charge is 0.394 e. The Hall–Kier alpha value is -0.0600. The van der Waals surface area contributed by atoms with Crippen LogP contribution in [0, 0.1) is 0 Å². The van der Waals surface area contributed by atoms with Crippen LogP contribution in [0.3, 0.4) is 0 Å². The summed E-state index contributed by atoms with van der Waals surface area (Å²) in [5, 5.41) is 16.3. The van der Waals surface area contributed by atoms with Gasteiger partial charge in [-0.15, -0.1) is 0 Å². The highest BCUT2D eigenvalue weighted by Gasteiger charge is 2.17. The number of ketones is 1. The summed E-state index contributed by atoms with van der Waals surface area (Å²) < 4.78 is 0. The second-order valence-electron chi connectivity index (χ2n) is 1.81. The maximum Gasteiger partial charge on any atom is 0.145 e. The molecule has 0 heterocycles. The fourth-order valence-corrected chi connectivity index (χ4v) is 0.465. The Balaban J connectivity index is 3.72. The second kappa shape index (κ2) is 3.87. The van der Waals surface area contributed by atoms with Crippen molar-refractivity contribution in [3.8, 4) is 0 Å². The molecule has 4 heteroatoms. The van der Waals surface area contributed by atoms with Gasteiger partial charge in [0.2, 0.25) is 0 Å². The molecule has 0 rings (SSSR count). The van der Waals surface area contributed by atoms with Crippen LogP contribution < -0.4 is 0 Å². The lowest BCUT2D eigenvalue weighted by atomic mass is 10.2. The van der Waals surface area contributed by atoms with Crippen molar-refractivity contribution in [2.45, 2.75) is 18.3 Å². The van der Waals surface area contributed by atoms with Crippen LogP contribution in [-0.2, 0) is 4.79 Å². The van der Waals surface area contributed by atoms with Gasteiger partial charge < -0.3 is 10.2 Å². The van der Waals surface area contributed by atoms with Crippen LogP contribution in [0.25, 0.3) is 0 Å². The van der Waals surface area contributed by atoms with E-state index >= 15 is 0 Å². The van der Waals surface area contributed by atoms with E-state index in [0.29, 0.717) is 0 Å². The number of rotatable bonds is 3. The van der Waals surface area contributed by atoms with E-state index in [1.54, 1.807) is 0 Å². The highest BCUT2D eigenvalue weighted by atomic mass is 32.1. The molecule has 2 atom stereocenters. The standard InChI is InChI=1S/C5H10O3S/c1-3(7)5(9)4(8)2-6/h4-6,8-9H,2H2,1H3. The first-order chi connectivity index (χ1) is 4.09. The van der Waals surface area contributed by atoms with Crippen molar-refractivity contribution >= 4 is 18.4 Å². The lowest BCUT2D eigenvalue weighted by molar-refractivity contribution is -0.118. The van der Waals surface area contributed by atoms with Gasteiger partial charge in [-0.25, -0.2) is 0 Å². The molecule has 0 radical (unpaired) electrons. The van der Waals surface area contributed by atoms with Crippen molar-refractivity contribution in [3.63, 3.8) is 0 Å². The molecule has 0 saturated heterocycles. The molecule has 0 aliphatic heterocycles. The van der Waals surface area contributed by atoms with Gasteiger partial charge in [-0.05, 0) is 6.92 Å². The summed E-state index contributed by atoms with van der Waals surface area (Å²) in [5.41, 5.74) is 0. The van der Waals surface area contributed by atoms with E-state index in [-0.39, 0.29) is 5.78 Å². The van der Waals surface area contributed by atoms with Crippen molar-refractivity contribution in [2.24, 2.45) is 0 Å². The monoisotopic (exact) mass is 150 g/mol. The number of Topliss-reactive ketones (excluding diaryl/α,β-unsaturated/α-hetero) is 1. The number of hydrogen-bond donors (Lipinski definition) is 3. The maximum absolute atomic E-state index is 10.4. The third-order valence-electron chi connectivity index (χ3n) is 0.968. The van der Waals surface area contributed by atoms with Crippen LogP contribution >= 0.6 is 12.6 Å². The van der Waals surface area contributed by atoms with E-state index in [4.69, 9.17) is 10.2 Å². The fraction of sp³-hybridized carbons (Fsp3) is 0.800. The lowest BCUT2D eigenvalue weighted by Gasteiger charge is -2.10. The lowest BCUT2D eigenvalue weighted by Crippen LogP contribution is -2.30. The van der Waals surface area contributed by atoms with Gasteiger partial charge in [0.05, 0.1) is 18.0 Å². The Morgan fingerprint density at radius 2 is 2.22 bits per heavy atom. The smallest absolute Gasteiger partial charge is 0.145 e. The van der Waals surface area contributed by atoms with Gasteiger partial charge in [0.15, 0.2) is 0 Å². The van der Waals surface area contributed by atoms with Crippen LogP contribution in [0.2, 0.25) is 0 Å². The number of carbonyl (C=O) groups is 1. The van der Waals surface area contributed by atoms with Crippen LogP contribution in [-0.4, -0.2) is 34.0 Å². The molecule has 0 amide bonds. The summed E-state index contributed by atoms with van der Waals surface area (Å²) in [6.45, 7) is 0.893. The summed E-state index contributed by atoms with van der Waals surface area (Å²) in [5.74, 6) is -0.236. The van der Waals surface area contributed by atoms with Crippen molar-refractivity contribution in [3.05, 3.63) is 0 Å². The third kappa shape index (κ3) is 2.84. The molecular formula is C5H10O3S. The zero-order chi connectivity index (χ0) is 7.44. The summed E-state index contributed by atoms with van der Waals surface area (Å²) in [6.07, 6.45) is -1.04. The molecule has 0 fully saturated rings. The molecule has 0 aliphatic rings. The quantitative estimate of drug-likeness (QED) is 0.463. The normalized spacial score (nSPS) is 16.9. The van der Waals surface area contributed by atoms with Crippen molar-refractivity contribution in [2.75, 3.05) is 6.61 Å². The summed E-state index contributed by atoms with van der Waals surface area (Å²) in [7, 11) is 0. The molecule has 2 unspecified atom stereocenters. The van der Waals surface area contributed by atoms with Crippen molar-refractivity contribution < 1.29 is 15.0 Å². The van der Waals surface area contributed by atoms with Gasteiger partial charge >= 0.3 is 0 Å². The number of thiol groups is 1. The molecule has 0 aliphatic carbocycles. The molecule has 0 aromatic carbocycles. The topological polar surface area (TPSA) is 57.5 Å². The van der Waals surface area contributed by atoms with E-state index in [2.05, 4.69) is 12.6 Å². The number of aliphatic hydroxyl groups is 2. The van der Waals surface area contributed by atoms with E-state index < -0.39 is 18.0 Å². The van der Waals surface area contributed by atoms with Gasteiger partial charge in [0.25, 0.3) is 0 Å². The highest BCUT2D eigenvalue weighted by molar-refractivity contribution is 7.81. The first-order valence-electron chi connectivity index (χ1n) is 2.57. The van der Waals surface area contributed by atoms with Crippen molar-refractivity contribution in [1.82, 2.24) is 0 Å². The Bertz CT molecular complexity index is 104. The van der Waals surface area contributed by atoms with E-state index in [9.17, 15) is 4.79 Å².